The second-order valence-electron chi connectivity index (χ2n) is 9.73. The topological polar surface area (TPSA) is 95.9 Å². The number of carbonyl (C=O) groups is 2. The number of aryl methyl sites for hydroxylation is 1. The van der Waals surface area contributed by atoms with Crippen molar-refractivity contribution in [3.05, 3.63) is 95.6 Å². The van der Waals surface area contributed by atoms with Gasteiger partial charge in [0, 0.05) is 13.0 Å². The summed E-state index contributed by atoms with van der Waals surface area (Å²) in [6.07, 6.45) is 7.66. The summed E-state index contributed by atoms with van der Waals surface area (Å²) in [5.41, 5.74) is 3.67. The van der Waals surface area contributed by atoms with Crippen LogP contribution in [0.25, 0.3) is 0 Å². The zero-order chi connectivity index (χ0) is 27.0. The molecule has 3 aromatic carbocycles. The van der Waals surface area contributed by atoms with Gasteiger partial charge >= 0.3 is 11.9 Å². The molecule has 6 heteroatoms. The number of aromatic carboxylic acids is 1. The SMILES string of the molecule is O=C(O)CCCCC(CNc1ccccc1OCCCCCc1ccccc1)Cc1ccc(C(=O)O)cc1. The zero-order valence-corrected chi connectivity index (χ0v) is 22.0. The van der Waals surface area contributed by atoms with Crippen molar-refractivity contribution < 1.29 is 24.5 Å². The summed E-state index contributed by atoms with van der Waals surface area (Å²) in [6.45, 7) is 1.38. The Bertz CT molecular complexity index is 1110. The maximum absolute atomic E-state index is 11.2. The van der Waals surface area contributed by atoms with Crippen LogP contribution in [-0.2, 0) is 17.6 Å². The van der Waals surface area contributed by atoms with Gasteiger partial charge in [0.25, 0.3) is 0 Å². The van der Waals surface area contributed by atoms with E-state index < -0.39 is 11.9 Å². The predicted octanol–water partition coefficient (Wildman–Crippen LogP) is 7.09. The Balaban J connectivity index is 1.50. The molecule has 0 fully saturated rings. The lowest BCUT2D eigenvalue weighted by Crippen LogP contribution is -2.18. The Morgan fingerprint density at radius 3 is 2.24 bits per heavy atom. The van der Waals surface area contributed by atoms with Crippen LogP contribution >= 0.6 is 0 Å². The van der Waals surface area contributed by atoms with Gasteiger partial charge in [-0.1, -0.05) is 61.0 Å². The van der Waals surface area contributed by atoms with Crippen molar-refractivity contribution in [1.29, 1.82) is 0 Å². The zero-order valence-electron chi connectivity index (χ0n) is 22.0. The minimum absolute atomic E-state index is 0.176. The number of nitrogens with one attached hydrogen (secondary N) is 1. The highest BCUT2D eigenvalue weighted by Gasteiger charge is 2.13. The molecule has 0 aliphatic heterocycles. The molecule has 0 heterocycles. The number of anilines is 1. The molecule has 38 heavy (non-hydrogen) atoms. The Hall–Kier alpha value is -3.80. The molecular weight excluding hydrogens is 478 g/mol. The van der Waals surface area contributed by atoms with Gasteiger partial charge in [0.2, 0.25) is 0 Å². The van der Waals surface area contributed by atoms with Crippen LogP contribution in [0.4, 0.5) is 5.69 Å². The molecule has 0 aliphatic rings. The molecular formula is C32H39NO5. The largest absolute Gasteiger partial charge is 0.491 e. The number of aliphatic carboxylic acids is 1. The molecule has 0 aliphatic carbocycles. The monoisotopic (exact) mass is 517 g/mol. The molecule has 0 amide bonds. The second kappa shape index (κ2) is 16.1. The van der Waals surface area contributed by atoms with Crippen LogP contribution in [-0.4, -0.2) is 35.3 Å². The second-order valence-corrected chi connectivity index (χ2v) is 9.73. The number of hydrogen-bond donors (Lipinski definition) is 3. The maximum atomic E-state index is 11.2. The number of ether oxygens (including phenoxy) is 1. The smallest absolute Gasteiger partial charge is 0.335 e. The number of rotatable bonds is 18. The average Bonchev–Trinajstić information content (AvgIpc) is 2.92. The van der Waals surface area contributed by atoms with Crippen LogP contribution in [0.1, 0.15) is 66.4 Å². The van der Waals surface area contributed by atoms with Gasteiger partial charge in [-0.3, -0.25) is 4.79 Å². The van der Waals surface area contributed by atoms with E-state index in [2.05, 4.69) is 29.6 Å². The van der Waals surface area contributed by atoms with E-state index in [1.807, 2.05) is 42.5 Å². The minimum Gasteiger partial charge on any atom is -0.491 e. The van der Waals surface area contributed by atoms with Crippen molar-refractivity contribution in [2.75, 3.05) is 18.5 Å². The fourth-order valence-electron chi connectivity index (χ4n) is 4.53. The van der Waals surface area contributed by atoms with Crippen LogP contribution in [0.3, 0.4) is 0 Å². The molecule has 202 valence electrons. The Morgan fingerprint density at radius 2 is 1.50 bits per heavy atom. The summed E-state index contributed by atoms with van der Waals surface area (Å²) in [7, 11) is 0. The first-order valence-electron chi connectivity index (χ1n) is 13.5. The van der Waals surface area contributed by atoms with E-state index in [0.29, 0.717) is 19.6 Å². The lowest BCUT2D eigenvalue weighted by Gasteiger charge is -2.20. The average molecular weight is 518 g/mol. The first-order valence-corrected chi connectivity index (χ1v) is 13.5. The van der Waals surface area contributed by atoms with E-state index in [4.69, 9.17) is 14.9 Å². The standard InChI is InChI=1S/C32H39NO5/c34-31(35)17-9-6-14-27(23-26-18-20-28(21-19-26)32(36)37)24-33-29-15-7-8-16-30(29)38-22-10-2-5-13-25-11-3-1-4-12-25/h1,3-4,7-8,11-12,15-16,18-21,27,33H,2,5-6,9-10,13-14,17,22-24H2,(H,34,35)(H,36,37). The van der Waals surface area contributed by atoms with Crippen molar-refractivity contribution in [1.82, 2.24) is 0 Å². The Kier molecular flexibility index (Phi) is 12.2. The molecule has 0 saturated carbocycles. The highest BCUT2D eigenvalue weighted by molar-refractivity contribution is 5.87. The van der Waals surface area contributed by atoms with E-state index in [9.17, 15) is 9.59 Å². The highest BCUT2D eigenvalue weighted by atomic mass is 16.5. The normalized spacial score (nSPS) is 11.6. The summed E-state index contributed by atoms with van der Waals surface area (Å²) >= 11 is 0. The van der Waals surface area contributed by atoms with Crippen LogP contribution in [0.2, 0.25) is 0 Å². The van der Waals surface area contributed by atoms with Crippen molar-refractivity contribution in [3.8, 4) is 5.75 Å². The molecule has 0 spiro atoms. The van der Waals surface area contributed by atoms with E-state index in [1.165, 1.54) is 5.56 Å². The molecule has 0 bridgehead atoms. The number of para-hydroxylation sites is 2. The van der Waals surface area contributed by atoms with Gasteiger partial charge in [-0.15, -0.1) is 0 Å². The molecule has 0 saturated heterocycles. The molecule has 1 atom stereocenters. The van der Waals surface area contributed by atoms with Crippen LogP contribution in [0.15, 0.2) is 78.9 Å². The molecule has 3 rings (SSSR count). The van der Waals surface area contributed by atoms with Gasteiger partial charge in [-0.2, -0.15) is 0 Å². The minimum atomic E-state index is -0.934. The van der Waals surface area contributed by atoms with Gasteiger partial charge in [-0.25, -0.2) is 4.79 Å². The first-order chi connectivity index (χ1) is 18.5. The molecule has 3 N–H and O–H groups in total. The lowest BCUT2D eigenvalue weighted by atomic mass is 9.93. The molecule has 3 aromatic rings. The third-order valence-corrected chi connectivity index (χ3v) is 6.66. The van der Waals surface area contributed by atoms with E-state index in [0.717, 1.165) is 61.9 Å². The van der Waals surface area contributed by atoms with E-state index >= 15 is 0 Å². The van der Waals surface area contributed by atoms with Gasteiger partial charge < -0.3 is 20.3 Å². The van der Waals surface area contributed by atoms with Gasteiger partial charge in [0.15, 0.2) is 0 Å². The summed E-state index contributed by atoms with van der Waals surface area (Å²) < 4.78 is 6.12. The summed E-state index contributed by atoms with van der Waals surface area (Å²) in [5, 5.41) is 21.7. The summed E-state index contributed by atoms with van der Waals surface area (Å²) in [5.74, 6) is -0.595. The number of carboxylic acid groups (broad SMARTS) is 2. The Morgan fingerprint density at radius 1 is 0.763 bits per heavy atom. The number of benzene rings is 3. The van der Waals surface area contributed by atoms with E-state index in [1.54, 1.807) is 12.1 Å². The highest BCUT2D eigenvalue weighted by Crippen LogP contribution is 2.26. The van der Waals surface area contributed by atoms with Crippen molar-refractivity contribution >= 4 is 17.6 Å². The predicted molar refractivity (Wildman–Crippen MR) is 151 cm³/mol. The number of unbranched alkanes of at least 4 members (excludes halogenated alkanes) is 3. The molecule has 0 radical (unpaired) electrons. The quantitative estimate of drug-likeness (QED) is 0.156. The Labute approximate surface area is 225 Å². The summed E-state index contributed by atoms with van der Waals surface area (Å²) in [6, 6.07) is 25.5. The summed E-state index contributed by atoms with van der Waals surface area (Å²) in [4.78, 5) is 22.1. The van der Waals surface area contributed by atoms with Crippen molar-refractivity contribution in [3.63, 3.8) is 0 Å². The molecule has 6 nitrogen and oxygen atoms in total. The number of carboxylic acids is 2. The van der Waals surface area contributed by atoms with Crippen LogP contribution in [0.5, 0.6) is 5.75 Å². The van der Waals surface area contributed by atoms with E-state index in [-0.39, 0.29) is 17.9 Å². The third kappa shape index (κ3) is 10.7. The number of hydrogen-bond acceptors (Lipinski definition) is 4. The fourth-order valence-corrected chi connectivity index (χ4v) is 4.53. The first kappa shape index (κ1) is 28.8. The fraction of sp³-hybridized carbons (Fsp3) is 0.375. The maximum Gasteiger partial charge on any atom is 0.335 e. The van der Waals surface area contributed by atoms with Crippen molar-refractivity contribution in [2.24, 2.45) is 5.92 Å². The molecule has 1 unspecified atom stereocenters. The van der Waals surface area contributed by atoms with Crippen molar-refractivity contribution in [2.45, 2.75) is 57.8 Å². The van der Waals surface area contributed by atoms with Crippen LogP contribution < -0.4 is 10.1 Å². The third-order valence-electron chi connectivity index (χ3n) is 6.66. The van der Waals surface area contributed by atoms with Crippen LogP contribution in [0, 0.1) is 5.92 Å². The van der Waals surface area contributed by atoms with Gasteiger partial charge in [0.1, 0.15) is 5.75 Å². The van der Waals surface area contributed by atoms with Gasteiger partial charge in [-0.05, 0) is 86.3 Å². The molecule has 0 aromatic heterocycles. The lowest BCUT2D eigenvalue weighted by molar-refractivity contribution is -0.137. The van der Waals surface area contributed by atoms with Gasteiger partial charge in [0.05, 0.1) is 17.9 Å².